The summed E-state index contributed by atoms with van der Waals surface area (Å²) < 4.78 is 0. The van der Waals surface area contributed by atoms with Gasteiger partial charge in [0, 0.05) is 12.2 Å². The molecule has 0 bridgehead atoms. The molecule has 1 aromatic carbocycles. The van der Waals surface area contributed by atoms with E-state index in [9.17, 15) is 39.3 Å². The number of carbonyl (C=O) groups excluding carboxylic acids is 3. The van der Waals surface area contributed by atoms with E-state index in [2.05, 4.69) is 28.6 Å². The molecule has 0 saturated carbocycles. The standard InChI is InChI=1S/C22H32N4O8S/c1-3-11(2)18(26-19(30)14(23)10-35)21(32)24-15(9-17(28)29)20(31)25-16(22(33)34)8-12-4-6-13(27)7-5-12/h4-7,11,14-16,18,27,35H,3,8-10,23H2,1-2H3,(H,24,32)(H,25,31)(H,26,30)(H,28,29)(H,33,34). The lowest BCUT2D eigenvalue weighted by atomic mass is 9.97. The molecule has 0 aliphatic carbocycles. The number of aliphatic carboxylic acids is 2. The molecule has 5 unspecified atom stereocenters. The first kappa shape index (κ1) is 29.7. The van der Waals surface area contributed by atoms with Crippen molar-refractivity contribution in [2.45, 2.75) is 57.3 Å². The Morgan fingerprint density at radius 1 is 0.943 bits per heavy atom. The Kier molecular flexibility index (Phi) is 12.0. The molecule has 194 valence electrons. The van der Waals surface area contributed by atoms with Crippen LogP contribution in [0.4, 0.5) is 0 Å². The van der Waals surface area contributed by atoms with Crippen LogP contribution in [0.25, 0.3) is 0 Å². The molecule has 12 nitrogen and oxygen atoms in total. The number of aromatic hydroxyl groups is 1. The highest BCUT2D eigenvalue weighted by atomic mass is 32.1. The van der Waals surface area contributed by atoms with Gasteiger partial charge >= 0.3 is 11.9 Å². The molecule has 13 heteroatoms. The van der Waals surface area contributed by atoms with E-state index in [0.29, 0.717) is 12.0 Å². The van der Waals surface area contributed by atoms with Crippen molar-refractivity contribution in [3.63, 3.8) is 0 Å². The fraction of sp³-hybridized carbons (Fsp3) is 0.500. The number of thiol groups is 1. The molecular weight excluding hydrogens is 480 g/mol. The van der Waals surface area contributed by atoms with Crippen LogP contribution < -0.4 is 21.7 Å². The van der Waals surface area contributed by atoms with E-state index < -0.39 is 60.2 Å². The molecule has 5 atom stereocenters. The van der Waals surface area contributed by atoms with Gasteiger partial charge in [-0.25, -0.2) is 4.79 Å². The predicted molar refractivity (Wildman–Crippen MR) is 129 cm³/mol. The summed E-state index contributed by atoms with van der Waals surface area (Å²) in [5.41, 5.74) is 6.14. The minimum Gasteiger partial charge on any atom is -0.508 e. The lowest BCUT2D eigenvalue weighted by Gasteiger charge is -2.27. The molecule has 0 aliphatic heterocycles. The number of hydrogen-bond acceptors (Lipinski definition) is 8. The molecule has 0 aromatic heterocycles. The Hall–Kier alpha value is -3.32. The second-order valence-electron chi connectivity index (χ2n) is 8.09. The maximum atomic E-state index is 12.9. The Morgan fingerprint density at radius 3 is 2.00 bits per heavy atom. The Labute approximate surface area is 208 Å². The van der Waals surface area contributed by atoms with Crippen molar-refractivity contribution in [2.75, 3.05) is 5.75 Å². The summed E-state index contributed by atoms with van der Waals surface area (Å²) in [7, 11) is 0. The lowest BCUT2D eigenvalue weighted by molar-refractivity contribution is -0.143. The number of nitrogens with two attached hydrogens (primary N) is 1. The van der Waals surface area contributed by atoms with Gasteiger partial charge in [-0.05, 0) is 23.6 Å². The molecule has 0 spiro atoms. The van der Waals surface area contributed by atoms with E-state index in [1.165, 1.54) is 24.3 Å². The van der Waals surface area contributed by atoms with Crippen LogP contribution in [0.3, 0.4) is 0 Å². The van der Waals surface area contributed by atoms with Gasteiger partial charge < -0.3 is 37.0 Å². The number of carboxylic acids is 2. The highest BCUT2D eigenvalue weighted by molar-refractivity contribution is 7.80. The summed E-state index contributed by atoms with van der Waals surface area (Å²) in [4.78, 5) is 61.0. The zero-order chi connectivity index (χ0) is 26.7. The largest absolute Gasteiger partial charge is 0.508 e. The molecule has 0 saturated heterocycles. The minimum absolute atomic E-state index is 0.0211. The topological polar surface area (TPSA) is 208 Å². The average Bonchev–Trinajstić information content (AvgIpc) is 2.81. The first-order chi connectivity index (χ1) is 16.4. The normalized spacial score (nSPS) is 15.1. The monoisotopic (exact) mass is 512 g/mol. The molecule has 0 aliphatic rings. The molecule has 0 radical (unpaired) electrons. The van der Waals surface area contributed by atoms with Crippen LogP contribution in [0.5, 0.6) is 5.75 Å². The van der Waals surface area contributed by atoms with Gasteiger partial charge in [0.2, 0.25) is 17.7 Å². The highest BCUT2D eigenvalue weighted by Gasteiger charge is 2.33. The van der Waals surface area contributed by atoms with E-state index in [0.717, 1.165) is 0 Å². The molecule has 1 aromatic rings. The summed E-state index contributed by atoms with van der Waals surface area (Å²) in [5, 5.41) is 35.2. The summed E-state index contributed by atoms with van der Waals surface area (Å²) in [6.07, 6.45) is -0.499. The fourth-order valence-electron chi connectivity index (χ4n) is 3.03. The third-order valence-corrected chi connectivity index (χ3v) is 5.72. The number of phenols is 1. The van der Waals surface area contributed by atoms with Crippen molar-refractivity contribution >= 4 is 42.3 Å². The smallest absolute Gasteiger partial charge is 0.326 e. The van der Waals surface area contributed by atoms with Gasteiger partial charge in [0.05, 0.1) is 12.5 Å². The van der Waals surface area contributed by atoms with Gasteiger partial charge in [-0.2, -0.15) is 12.6 Å². The van der Waals surface area contributed by atoms with Crippen molar-refractivity contribution in [3.05, 3.63) is 29.8 Å². The number of benzene rings is 1. The van der Waals surface area contributed by atoms with Crippen molar-refractivity contribution < 1.29 is 39.3 Å². The Bertz CT molecular complexity index is 911. The zero-order valence-corrected chi connectivity index (χ0v) is 20.3. The van der Waals surface area contributed by atoms with Gasteiger partial charge in [0.1, 0.15) is 23.9 Å². The molecule has 1 rings (SSSR count). The van der Waals surface area contributed by atoms with Crippen molar-refractivity contribution in [2.24, 2.45) is 11.7 Å². The van der Waals surface area contributed by atoms with Gasteiger partial charge in [0.25, 0.3) is 0 Å². The van der Waals surface area contributed by atoms with E-state index in [4.69, 9.17) is 5.73 Å². The number of rotatable bonds is 14. The number of carboxylic acid groups (broad SMARTS) is 2. The van der Waals surface area contributed by atoms with Crippen LogP contribution in [0.15, 0.2) is 24.3 Å². The Morgan fingerprint density at radius 2 is 1.51 bits per heavy atom. The minimum atomic E-state index is -1.61. The van der Waals surface area contributed by atoms with Crippen LogP contribution in [-0.2, 0) is 30.4 Å². The molecular formula is C22H32N4O8S. The molecule has 35 heavy (non-hydrogen) atoms. The quantitative estimate of drug-likeness (QED) is 0.147. The third kappa shape index (κ3) is 9.83. The van der Waals surface area contributed by atoms with E-state index >= 15 is 0 Å². The molecule has 0 fully saturated rings. The zero-order valence-electron chi connectivity index (χ0n) is 19.4. The second-order valence-corrected chi connectivity index (χ2v) is 8.46. The molecule has 8 N–H and O–H groups in total. The van der Waals surface area contributed by atoms with Crippen LogP contribution in [0.1, 0.15) is 32.3 Å². The van der Waals surface area contributed by atoms with Crippen molar-refractivity contribution in [3.8, 4) is 5.75 Å². The number of phenolic OH excluding ortho intramolecular Hbond substituents is 1. The number of hydrogen-bond donors (Lipinski definition) is 8. The predicted octanol–water partition coefficient (Wildman–Crippen LogP) is -0.748. The third-order valence-electron chi connectivity index (χ3n) is 5.33. The van der Waals surface area contributed by atoms with Crippen LogP contribution in [0.2, 0.25) is 0 Å². The lowest BCUT2D eigenvalue weighted by Crippen LogP contribution is -2.59. The number of nitrogens with one attached hydrogen (secondary N) is 3. The fourth-order valence-corrected chi connectivity index (χ4v) is 3.20. The number of amides is 3. The Balaban J connectivity index is 3.04. The van der Waals surface area contributed by atoms with E-state index in [1.54, 1.807) is 13.8 Å². The summed E-state index contributed by atoms with van der Waals surface area (Å²) in [6, 6.07) is 0.522. The van der Waals surface area contributed by atoms with E-state index in [-0.39, 0.29) is 23.8 Å². The second kappa shape index (κ2) is 14.2. The summed E-state index contributed by atoms with van der Waals surface area (Å²) >= 11 is 3.95. The van der Waals surface area contributed by atoms with Gasteiger partial charge in [-0.1, -0.05) is 32.4 Å². The number of carbonyl (C=O) groups is 5. The first-order valence-electron chi connectivity index (χ1n) is 10.9. The van der Waals surface area contributed by atoms with Crippen molar-refractivity contribution in [1.29, 1.82) is 0 Å². The van der Waals surface area contributed by atoms with E-state index in [1.807, 2.05) is 0 Å². The highest BCUT2D eigenvalue weighted by Crippen LogP contribution is 2.12. The first-order valence-corrected chi connectivity index (χ1v) is 11.5. The van der Waals surface area contributed by atoms with Crippen molar-refractivity contribution in [1.82, 2.24) is 16.0 Å². The average molecular weight is 513 g/mol. The summed E-state index contributed by atoms with van der Waals surface area (Å²) in [5.74, 6) is -5.64. The maximum absolute atomic E-state index is 12.9. The molecule has 3 amide bonds. The van der Waals surface area contributed by atoms with Gasteiger partial charge in [-0.15, -0.1) is 0 Å². The van der Waals surface area contributed by atoms with Gasteiger partial charge in [-0.3, -0.25) is 19.2 Å². The van der Waals surface area contributed by atoms with Crippen LogP contribution >= 0.6 is 12.6 Å². The summed E-state index contributed by atoms with van der Waals surface area (Å²) in [6.45, 7) is 3.46. The van der Waals surface area contributed by atoms with Crippen LogP contribution in [0, 0.1) is 5.92 Å². The maximum Gasteiger partial charge on any atom is 0.326 e. The van der Waals surface area contributed by atoms with Crippen LogP contribution in [-0.4, -0.2) is 74.9 Å². The SMILES string of the molecule is CCC(C)C(NC(=O)C(N)CS)C(=O)NC(CC(=O)O)C(=O)NC(Cc1ccc(O)cc1)C(=O)O. The molecule has 0 heterocycles. The van der Waals surface area contributed by atoms with Gasteiger partial charge in [0.15, 0.2) is 0 Å².